The summed E-state index contributed by atoms with van der Waals surface area (Å²) in [4.78, 5) is 23.5. The van der Waals surface area contributed by atoms with E-state index in [2.05, 4.69) is 12.1 Å². The summed E-state index contributed by atoms with van der Waals surface area (Å²) in [6.45, 7) is 0.338. The van der Waals surface area contributed by atoms with E-state index in [0.717, 1.165) is 47.5 Å². The van der Waals surface area contributed by atoms with Gasteiger partial charge in [-0.25, -0.2) is 4.79 Å². The molecule has 0 N–H and O–H groups in total. The minimum absolute atomic E-state index is 0.0356. The Bertz CT molecular complexity index is 1440. The van der Waals surface area contributed by atoms with Crippen LogP contribution in [0.4, 0.5) is 5.69 Å². The van der Waals surface area contributed by atoms with E-state index >= 15 is 0 Å². The molecule has 0 bridgehead atoms. The maximum atomic E-state index is 13.0. The maximum absolute atomic E-state index is 13.0. The molecule has 4 aromatic rings. The van der Waals surface area contributed by atoms with Crippen molar-refractivity contribution in [1.29, 1.82) is 0 Å². The molecule has 5 rings (SSSR count). The fourth-order valence-electron chi connectivity index (χ4n) is 5.58. The number of ether oxygens (including phenoxy) is 4. The van der Waals surface area contributed by atoms with Gasteiger partial charge in [0.1, 0.15) is 23.2 Å². The van der Waals surface area contributed by atoms with E-state index < -0.39 is 16.5 Å². The van der Waals surface area contributed by atoms with Gasteiger partial charge in [0.15, 0.2) is 0 Å². The Morgan fingerprint density at radius 3 is 1.86 bits per heavy atom. The van der Waals surface area contributed by atoms with Crippen molar-refractivity contribution in [3.63, 3.8) is 0 Å². The molecular weight excluding hydrogens is 534 g/mol. The zero-order valence-electron chi connectivity index (χ0n) is 23.6. The van der Waals surface area contributed by atoms with Crippen LogP contribution in [0.2, 0.25) is 0 Å². The highest BCUT2D eigenvalue weighted by molar-refractivity contribution is 5.89. The number of nitro benzene ring substituents is 1. The Labute approximate surface area is 245 Å². The number of esters is 1. The molecular formula is C34H33NO7. The average molecular weight is 568 g/mol. The SMILES string of the molecule is COc1ccc(C(OC[C@H]2CCC[C@@H]2OC(=O)c2ccc([N+](=O)[O-])cc2)(c2ccccc2)c2ccc(OC)cc2)cc1. The van der Waals surface area contributed by atoms with Crippen LogP contribution in [-0.2, 0) is 15.1 Å². The Kier molecular flexibility index (Phi) is 8.83. The third-order valence-corrected chi connectivity index (χ3v) is 7.85. The molecule has 4 aromatic carbocycles. The molecule has 8 heteroatoms. The Balaban J connectivity index is 1.46. The van der Waals surface area contributed by atoms with Gasteiger partial charge in [-0.05, 0) is 72.4 Å². The molecule has 2 atom stereocenters. The van der Waals surface area contributed by atoms with Gasteiger partial charge < -0.3 is 18.9 Å². The number of methoxy groups -OCH3 is 2. The minimum atomic E-state index is -0.963. The van der Waals surface area contributed by atoms with Crippen molar-refractivity contribution >= 4 is 11.7 Å². The van der Waals surface area contributed by atoms with Crippen LogP contribution < -0.4 is 9.47 Å². The number of rotatable bonds is 11. The number of nitro groups is 1. The monoisotopic (exact) mass is 567 g/mol. The summed E-state index contributed by atoms with van der Waals surface area (Å²) < 4.78 is 23.8. The van der Waals surface area contributed by atoms with E-state index in [0.29, 0.717) is 6.61 Å². The lowest BCUT2D eigenvalue weighted by Gasteiger charge is -2.37. The highest BCUT2D eigenvalue weighted by Gasteiger charge is 2.40. The average Bonchev–Trinajstić information content (AvgIpc) is 3.49. The van der Waals surface area contributed by atoms with Gasteiger partial charge in [0.2, 0.25) is 0 Å². The summed E-state index contributed by atoms with van der Waals surface area (Å²) >= 11 is 0. The lowest BCUT2D eigenvalue weighted by molar-refractivity contribution is -0.384. The van der Waals surface area contributed by atoms with Gasteiger partial charge >= 0.3 is 5.97 Å². The van der Waals surface area contributed by atoms with Gasteiger partial charge in [-0.3, -0.25) is 10.1 Å². The van der Waals surface area contributed by atoms with Crippen molar-refractivity contribution in [2.24, 2.45) is 5.92 Å². The number of nitrogens with zero attached hydrogens (tertiary/aromatic N) is 1. The summed E-state index contributed by atoms with van der Waals surface area (Å²) in [6, 6.07) is 31.3. The molecule has 1 aliphatic carbocycles. The summed E-state index contributed by atoms with van der Waals surface area (Å²) in [5.74, 6) is 0.946. The summed E-state index contributed by atoms with van der Waals surface area (Å²) in [7, 11) is 3.27. The second-order valence-corrected chi connectivity index (χ2v) is 10.3. The quantitative estimate of drug-likeness (QED) is 0.0838. The molecule has 0 heterocycles. The van der Waals surface area contributed by atoms with Gasteiger partial charge in [-0.1, -0.05) is 54.6 Å². The number of benzene rings is 4. The minimum Gasteiger partial charge on any atom is -0.497 e. The van der Waals surface area contributed by atoms with Crippen molar-refractivity contribution in [3.8, 4) is 11.5 Å². The smallest absolute Gasteiger partial charge is 0.338 e. The predicted octanol–water partition coefficient (Wildman–Crippen LogP) is 6.95. The molecule has 0 spiro atoms. The van der Waals surface area contributed by atoms with Crippen molar-refractivity contribution < 1.29 is 28.7 Å². The summed E-state index contributed by atoms with van der Waals surface area (Å²) in [6.07, 6.45) is 2.12. The number of carbonyl (C=O) groups excluding carboxylic acids is 1. The fraction of sp³-hybridized carbons (Fsp3) is 0.265. The molecule has 42 heavy (non-hydrogen) atoms. The first-order valence-electron chi connectivity index (χ1n) is 13.9. The molecule has 0 saturated heterocycles. The van der Waals surface area contributed by atoms with Gasteiger partial charge in [0, 0.05) is 18.1 Å². The molecule has 0 aromatic heterocycles. The third-order valence-electron chi connectivity index (χ3n) is 7.85. The zero-order chi connectivity index (χ0) is 29.5. The molecule has 1 fully saturated rings. The van der Waals surface area contributed by atoms with Gasteiger partial charge in [0.25, 0.3) is 5.69 Å². The maximum Gasteiger partial charge on any atom is 0.338 e. The van der Waals surface area contributed by atoms with Crippen LogP contribution >= 0.6 is 0 Å². The van der Waals surface area contributed by atoms with E-state index in [1.807, 2.05) is 66.7 Å². The standard InChI is InChI=1S/C34H33NO7/c1-39-30-19-13-27(14-20-30)34(26-8-4-3-5-9-26,28-15-21-31(40-2)22-16-28)41-23-25-7-6-10-32(25)42-33(36)24-11-17-29(18-12-24)35(37)38/h3-5,8-9,11-22,25,32H,6-7,10,23H2,1-2H3/t25-,32+/m1/s1. The lowest BCUT2D eigenvalue weighted by Crippen LogP contribution is -2.36. The van der Waals surface area contributed by atoms with Crippen molar-refractivity contribution in [2.45, 2.75) is 31.0 Å². The Hall–Kier alpha value is -4.69. The third kappa shape index (κ3) is 5.99. The number of hydrogen-bond donors (Lipinski definition) is 0. The first kappa shape index (κ1) is 28.8. The molecule has 1 saturated carbocycles. The van der Waals surface area contributed by atoms with E-state index in [9.17, 15) is 14.9 Å². The summed E-state index contributed by atoms with van der Waals surface area (Å²) in [5.41, 5.74) is 2.05. The van der Waals surface area contributed by atoms with Gasteiger partial charge in [-0.2, -0.15) is 0 Å². The molecule has 1 aliphatic rings. The number of hydrogen-bond acceptors (Lipinski definition) is 7. The molecule has 216 valence electrons. The largest absolute Gasteiger partial charge is 0.497 e. The number of carbonyl (C=O) groups is 1. The molecule has 8 nitrogen and oxygen atoms in total. The van der Waals surface area contributed by atoms with Crippen molar-refractivity contribution in [3.05, 3.63) is 135 Å². The van der Waals surface area contributed by atoms with Crippen LogP contribution in [-0.4, -0.2) is 37.8 Å². The highest BCUT2D eigenvalue weighted by Crippen LogP contribution is 2.43. The highest BCUT2D eigenvalue weighted by atomic mass is 16.6. The topological polar surface area (TPSA) is 97.1 Å². The fourth-order valence-corrected chi connectivity index (χ4v) is 5.58. The lowest BCUT2D eigenvalue weighted by atomic mass is 9.80. The number of non-ortho nitro benzene ring substituents is 1. The normalized spacial score (nSPS) is 16.5. The summed E-state index contributed by atoms with van der Waals surface area (Å²) in [5, 5.41) is 11.0. The first-order valence-corrected chi connectivity index (χ1v) is 13.9. The van der Waals surface area contributed by atoms with Crippen LogP contribution in [0.15, 0.2) is 103 Å². The van der Waals surface area contributed by atoms with Crippen LogP contribution in [0.25, 0.3) is 0 Å². The van der Waals surface area contributed by atoms with E-state index in [1.54, 1.807) is 14.2 Å². The first-order chi connectivity index (χ1) is 20.4. The Morgan fingerprint density at radius 2 is 1.33 bits per heavy atom. The van der Waals surface area contributed by atoms with Crippen LogP contribution in [0.5, 0.6) is 11.5 Å². The second-order valence-electron chi connectivity index (χ2n) is 10.3. The van der Waals surface area contributed by atoms with E-state index in [-0.39, 0.29) is 23.3 Å². The van der Waals surface area contributed by atoms with E-state index in [4.69, 9.17) is 18.9 Å². The molecule has 0 aliphatic heterocycles. The van der Waals surface area contributed by atoms with E-state index in [1.165, 1.54) is 24.3 Å². The van der Waals surface area contributed by atoms with Crippen LogP contribution in [0, 0.1) is 16.0 Å². The zero-order valence-corrected chi connectivity index (χ0v) is 23.6. The molecule has 0 amide bonds. The predicted molar refractivity (Wildman–Crippen MR) is 158 cm³/mol. The van der Waals surface area contributed by atoms with Crippen LogP contribution in [0.3, 0.4) is 0 Å². The van der Waals surface area contributed by atoms with Gasteiger partial charge in [-0.15, -0.1) is 0 Å². The van der Waals surface area contributed by atoms with Crippen molar-refractivity contribution in [1.82, 2.24) is 0 Å². The Morgan fingerprint density at radius 1 is 0.786 bits per heavy atom. The second kappa shape index (κ2) is 12.9. The van der Waals surface area contributed by atoms with Crippen LogP contribution in [0.1, 0.15) is 46.3 Å². The molecule has 0 unspecified atom stereocenters. The van der Waals surface area contributed by atoms with Crippen molar-refractivity contribution in [2.75, 3.05) is 20.8 Å². The van der Waals surface area contributed by atoms with Gasteiger partial charge in [0.05, 0.1) is 31.3 Å². The molecule has 0 radical (unpaired) electrons.